The lowest BCUT2D eigenvalue weighted by molar-refractivity contribution is 1.02. The molecule has 0 aromatic heterocycles. The molecule has 0 spiro atoms. The van der Waals surface area contributed by atoms with Crippen molar-refractivity contribution in [3.05, 3.63) is 35.4 Å². The van der Waals surface area contributed by atoms with Crippen molar-refractivity contribution in [3.63, 3.8) is 0 Å². The first-order valence-electron chi connectivity index (χ1n) is 4.92. The van der Waals surface area contributed by atoms with Gasteiger partial charge in [0.05, 0.1) is 0 Å². The van der Waals surface area contributed by atoms with E-state index in [4.69, 9.17) is 6.42 Å². The van der Waals surface area contributed by atoms with Gasteiger partial charge in [-0.2, -0.15) is 0 Å². The van der Waals surface area contributed by atoms with Crippen LogP contribution in [-0.4, -0.2) is 0 Å². The van der Waals surface area contributed by atoms with Crippen LogP contribution in [0.5, 0.6) is 0 Å². The first-order chi connectivity index (χ1) is 6.40. The first-order valence-corrected chi connectivity index (χ1v) is 4.92. The number of terminal acetylenes is 1. The van der Waals surface area contributed by atoms with Crippen LogP contribution in [0.25, 0.3) is 0 Å². The van der Waals surface area contributed by atoms with E-state index in [0.29, 0.717) is 0 Å². The molecule has 2 rings (SSSR count). The third kappa shape index (κ3) is 2.12. The molecule has 1 aliphatic rings. The Bertz CT molecular complexity index is 309. The predicted molar refractivity (Wildman–Crippen MR) is 55.6 cm³/mol. The van der Waals surface area contributed by atoms with Crippen molar-refractivity contribution in [2.24, 2.45) is 0 Å². The van der Waals surface area contributed by atoms with E-state index >= 15 is 0 Å². The molecule has 0 nitrogen and oxygen atoms in total. The summed E-state index contributed by atoms with van der Waals surface area (Å²) in [5.74, 6) is 3.53. The molecule has 0 bridgehead atoms. The Morgan fingerprint density at radius 2 is 1.92 bits per heavy atom. The number of rotatable bonds is 3. The monoisotopic (exact) mass is 170 g/mol. The van der Waals surface area contributed by atoms with Crippen LogP contribution in [0.4, 0.5) is 0 Å². The fraction of sp³-hybridized carbons (Fsp3) is 0.385. The molecule has 0 amide bonds. The van der Waals surface area contributed by atoms with Crippen molar-refractivity contribution in [1.82, 2.24) is 0 Å². The Hall–Kier alpha value is -1.22. The van der Waals surface area contributed by atoms with Gasteiger partial charge in [-0.05, 0) is 36.3 Å². The van der Waals surface area contributed by atoms with Crippen LogP contribution in [0.15, 0.2) is 24.3 Å². The molecule has 1 aliphatic carbocycles. The molecular formula is C13H14. The number of hydrogen-bond donors (Lipinski definition) is 0. The van der Waals surface area contributed by atoms with Gasteiger partial charge in [0.2, 0.25) is 0 Å². The summed E-state index contributed by atoms with van der Waals surface area (Å²) in [6.07, 6.45) is 9.84. The zero-order chi connectivity index (χ0) is 9.10. The molecule has 0 unspecified atom stereocenters. The first kappa shape index (κ1) is 8.38. The van der Waals surface area contributed by atoms with E-state index in [1.54, 1.807) is 0 Å². The van der Waals surface area contributed by atoms with Crippen molar-refractivity contribution >= 4 is 0 Å². The van der Waals surface area contributed by atoms with E-state index in [1.165, 1.54) is 24.0 Å². The van der Waals surface area contributed by atoms with Crippen LogP contribution in [0, 0.1) is 12.3 Å². The molecule has 0 atom stereocenters. The van der Waals surface area contributed by atoms with E-state index in [1.807, 2.05) is 0 Å². The van der Waals surface area contributed by atoms with Gasteiger partial charge in [-0.3, -0.25) is 0 Å². The summed E-state index contributed by atoms with van der Waals surface area (Å²) in [6, 6.07) is 8.93. The second-order valence-corrected chi connectivity index (χ2v) is 3.72. The second kappa shape index (κ2) is 3.66. The molecule has 0 radical (unpaired) electrons. The van der Waals surface area contributed by atoms with Crippen LogP contribution >= 0.6 is 0 Å². The van der Waals surface area contributed by atoms with Gasteiger partial charge in [-0.15, -0.1) is 12.3 Å². The Kier molecular flexibility index (Phi) is 2.36. The minimum absolute atomic E-state index is 0.850. The van der Waals surface area contributed by atoms with Crippen LogP contribution in [-0.2, 0) is 6.42 Å². The summed E-state index contributed by atoms with van der Waals surface area (Å²) in [6.45, 7) is 0. The maximum Gasteiger partial charge on any atom is 0.0127 e. The fourth-order valence-corrected chi connectivity index (χ4v) is 1.59. The lowest BCUT2D eigenvalue weighted by atomic mass is 10.1. The summed E-state index contributed by atoms with van der Waals surface area (Å²) in [7, 11) is 0. The summed E-state index contributed by atoms with van der Waals surface area (Å²) in [5.41, 5.74) is 2.87. The predicted octanol–water partition coefficient (Wildman–Crippen LogP) is 3.13. The molecular weight excluding hydrogens is 156 g/mol. The van der Waals surface area contributed by atoms with Gasteiger partial charge >= 0.3 is 0 Å². The summed E-state index contributed by atoms with van der Waals surface area (Å²) < 4.78 is 0. The van der Waals surface area contributed by atoms with Gasteiger partial charge in [-0.25, -0.2) is 0 Å². The highest BCUT2D eigenvalue weighted by molar-refractivity contribution is 5.28. The molecule has 1 aromatic carbocycles. The standard InChI is InChI=1S/C13H14/c1-2-3-4-11-5-7-12(8-6-11)13-9-10-13/h1,5-8,13H,3-4,9-10H2. The smallest absolute Gasteiger partial charge is 0.0127 e. The average Bonchev–Trinajstić information content (AvgIpc) is 2.99. The van der Waals surface area contributed by atoms with Gasteiger partial charge < -0.3 is 0 Å². The highest BCUT2D eigenvalue weighted by atomic mass is 14.3. The van der Waals surface area contributed by atoms with Crippen molar-refractivity contribution < 1.29 is 0 Å². The number of benzene rings is 1. The lowest BCUT2D eigenvalue weighted by Gasteiger charge is -2.00. The molecule has 1 saturated carbocycles. The van der Waals surface area contributed by atoms with Crippen molar-refractivity contribution in [2.75, 3.05) is 0 Å². The Labute approximate surface area is 80.0 Å². The lowest BCUT2D eigenvalue weighted by Crippen LogP contribution is -1.85. The van der Waals surface area contributed by atoms with Crippen LogP contribution in [0.2, 0.25) is 0 Å². The van der Waals surface area contributed by atoms with Crippen molar-refractivity contribution in [2.45, 2.75) is 31.6 Å². The van der Waals surface area contributed by atoms with E-state index < -0.39 is 0 Å². The van der Waals surface area contributed by atoms with Gasteiger partial charge in [0, 0.05) is 6.42 Å². The number of hydrogen-bond acceptors (Lipinski definition) is 0. The molecule has 1 aromatic rings. The molecule has 0 saturated heterocycles. The van der Waals surface area contributed by atoms with Gasteiger partial charge in [0.25, 0.3) is 0 Å². The molecule has 0 aliphatic heterocycles. The van der Waals surface area contributed by atoms with E-state index in [2.05, 4.69) is 30.2 Å². The average molecular weight is 170 g/mol. The third-order valence-electron chi connectivity index (χ3n) is 2.59. The molecule has 0 N–H and O–H groups in total. The quantitative estimate of drug-likeness (QED) is 0.611. The summed E-state index contributed by atoms with van der Waals surface area (Å²) in [4.78, 5) is 0. The molecule has 0 heteroatoms. The normalized spacial score (nSPS) is 15.3. The zero-order valence-electron chi connectivity index (χ0n) is 7.79. The minimum atomic E-state index is 0.850. The zero-order valence-corrected chi connectivity index (χ0v) is 7.79. The van der Waals surface area contributed by atoms with Gasteiger partial charge in [0.15, 0.2) is 0 Å². The van der Waals surface area contributed by atoms with Crippen LogP contribution in [0.3, 0.4) is 0 Å². The van der Waals surface area contributed by atoms with Crippen molar-refractivity contribution in [3.8, 4) is 12.3 Å². The molecule has 66 valence electrons. The molecule has 1 fully saturated rings. The Morgan fingerprint density at radius 3 is 2.46 bits per heavy atom. The fourth-order valence-electron chi connectivity index (χ4n) is 1.59. The van der Waals surface area contributed by atoms with Gasteiger partial charge in [0.1, 0.15) is 0 Å². The summed E-state index contributed by atoms with van der Waals surface area (Å²) >= 11 is 0. The van der Waals surface area contributed by atoms with E-state index in [9.17, 15) is 0 Å². The SMILES string of the molecule is C#CCCc1ccc(C2CC2)cc1. The maximum atomic E-state index is 5.21. The maximum absolute atomic E-state index is 5.21. The van der Waals surface area contributed by atoms with E-state index in [0.717, 1.165) is 18.8 Å². The minimum Gasteiger partial charge on any atom is -0.120 e. The highest BCUT2D eigenvalue weighted by Crippen LogP contribution is 2.39. The van der Waals surface area contributed by atoms with Crippen LogP contribution in [0.1, 0.15) is 36.3 Å². The highest BCUT2D eigenvalue weighted by Gasteiger charge is 2.22. The molecule has 0 heterocycles. The second-order valence-electron chi connectivity index (χ2n) is 3.72. The van der Waals surface area contributed by atoms with Crippen LogP contribution < -0.4 is 0 Å². The topological polar surface area (TPSA) is 0 Å². The van der Waals surface area contributed by atoms with Crippen molar-refractivity contribution in [1.29, 1.82) is 0 Å². The Morgan fingerprint density at radius 1 is 1.23 bits per heavy atom. The molecule has 13 heavy (non-hydrogen) atoms. The Balaban J connectivity index is 2.01. The summed E-state index contributed by atoms with van der Waals surface area (Å²) in [5, 5.41) is 0. The number of aryl methyl sites for hydroxylation is 1. The largest absolute Gasteiger partial charge is 0.120 e. The third-order valence-corrected chi connectivity index (χ3v) is 2.59. The van der Waals surface area contributed by atoms with Gasteiger partial charge in [-0.1, -0.05) is 24.3 Å². The van der Waals surface area contributed by atoms with E-state index in [-0.39, 0.29) is 0 Å².